The van der Waals surface area contributed by atoms with Crippen LogP contribution in [0.2, 0.25) is 0 Å². The van der Waals surface area contributed by atoms with E-state index >= 15 is 0 Å². The number of aliphatic hydroxyl groups is 1. The van der Waals surface area contributed by atoms with Gasteiger partial charge in [0.2, 0.25) is 0 Å². The molecule has 1 aromatic heterocycles. The lowest BCUT2D eigenvalue weighted by Gasteiger charge is -2.20. The molecule has 2 rings (SSSR count). The lowest BCUT2D eigenvalue weighted by atomic mass is 10.0. The number of benzene rings is 1. The van der Waals surface area contributed by atoms with Gasteiger partial charge in [-0.1, -0.05) is 30.3 Å². The minimum absolute atomic E-state index is 0.0149. The van der Waals surface area contributed by atoms with Gasteiger partial charge >= 0.3 is 6.03 Å². The van der Waals surface area contributed by atoms with Gasteiger partial charge < -0.3 is 15.7 Å². The summed E-state index contributed by atoms with van der Waals surface area (Å²) in [6, 6.07) is 9.01. The molecule has 0 spiro atoms. The second-order valence-corrected chi connectivity index (χ2v) is 6.39. The average molecular weight is 319 g/mol. The number of hydrogen-bond acceptors (Lipinski definition) is 4. The van der Waals surface area contributed by atoms with Gasteiger partial charge in [0.05, 0.1) is 12.1 Å². The molecule has 22 heavy (non-hydrogen) atoms. The first-order chi connectivity index (χ1) is 10.6. The first kappa shape index (κ1) is 16.5. The predicted molar refractivity (Wildman–Crippen MR) is 87.8 cm³/mol. The summed E-state index contributed by atoms with van der Waals surface area (Å²) in [5, 5.41) is 15.9. The van der Waals surface area contributed by atoms with Crippen molar-refractivity contribution in [1.29, 1.82) is 0 Å². The Morgan fingerprint density at radius 1 is 1.32 bits per heavy atom. The second-order valence-electron chi connectivity index (χ2n) is 5.12. The van der Waals surface area contributed by atoms with Crippen molar-refractivity contribution in [3.63, 3.8) is 0 Å². The van der Waals surface area contributed by atoms with Gasteiger partial charge in [0, 0.05) is 17.7 Å². The Labute approximate surface area is 134 Å². The fourth-order valence-electron chi connectivity index (χ4n) is 2.17. The number of carbonyl (C=O) groups is 1. The van der Waals surface area contributed by atoms with Crippen LogP contribution in [0.5, 0.6) is 0 Å². The van der Waals surface area contributed by atoms with E-state index in [-0.39, 0.29) is 24.7 Å². The van der Waals surface area contributed by atoms with Crippen LogP contribution in [0.1, 0.15) is 40.9 Å². The van der Waals surface area contributed by atoms with Crippen LogP contribution in [0.4, 0.5) is 4.79 Å². The van der Waals surface area contributed by atoms with E-state index in [1.807, 2.05) is 44.2 Å². The van der Waals surface area contributed by atoms with Crippen molar-refractivity contribution < 1.29 is 9.90 Å². The largest absolute Gasteiger partial charge is 0.396 e. The Morgan fingerprint density at radius 3 is 2.64 bits per heavy atom. The summed E-state index contributed by atoms with van der Waals surface area (Å²) in [6.45, 7) is 3.91. The highest BCUT2D eigenvalue weighted by molar-refractivity contribution is 7.11. The minimum Gasteiger partial charge on any atom is -0.396 e. The molecule has 0 saturated heterocycles. The number of amides is 2. The molecule has 0 saturated carbocycles. The molecule has 1 heterocycles. The Morgan fingerprint density at radius 2 is 2.05 bits per heavy atom. The number of aryl methyl sites for hydroxylation is 1. The van der Waals surface area contributed by atoms with E-state index in [0.717, 1.165) is 15.4 Å². The molecule has 0 aliphatic rings. The highest BCUT2D eigenvalue weighted by Crippen LogP contribution is 2.19. The van der Waals surface area contributed by atoms with Crippen LogP contribution in [-0.4, -0.2) is 22.7 Å². The molecular formula is C16H21N3O2S. The Balaban J connectivity index is 1.96. The molecule has 2 aromatic rings. The molecule has 2 atom stereocenters. The Hall–Kier alpha value is -1.92. The third-order valence-electron chi connectivity index (χ3n) is 3.28. The monoisotopic (exact) mass is 319 g/mol. The molecule has 1 aromatic carbocycles. The fourth-order valence-corrected chi connectivity index (χ4v) is 2.94. The van der Waals surface area contributed by atoms with E-state index in [4.69, 9.17) is 0 Å². The van der Waals surface area contributed by atoms with Gasteiger partial charge in [0.25, 0.3) is 0 Å². The average Bonchev–Trinajstić information content (AvgIpc) is 2.94. The fraction of sp³-hybridized carbons (Fsp3) is 0.375. The van der Waals surface area contributed by atoms with Crippen LogP contribution in [-0.2, 0) is 0 Å². The van der Waals surface area contributed by atoms with Gasteiger partial charge in [-0.2, -0.15) is 0 Å². The van der Waals surface area contributed by atoms with Gasteiger partial charge in [-0.3, -0.25) is 0 Å². The quantitative estimate of drug-likeness (QED) is 0.766. The number of aromatic nitrogens is 1. The SMILES string of the molecule is Cc1cnc(C(C)NC(=O)N[C@H](CCO)c2ccccc2)s1. The van der Waals surface area contributed by atoms with Gasteiger partial charge in [-0.25, -0.2) is 9.78 Å². The van der Waals surface area contributed by atoms with E-state index in [1.165, 1.54) is 0 Å². The zero-order valence-electron chi connectivity index (χ0n) is 12.7. The van der Waals surface area contributed by atoms with E-state index in [1.54, 1.807) is 17.5 Å². The van der Waals surface area contributed by atoms with Gasteiger partial charge in [-0.15, -0.1) is 11.3 Å². The molecule has 0 radical (unpaired) electrons. The summed E-state index contributed by atoms with van der Waals surface area (Å²) in [7, 11) is 0. The van der Waals surface area contributed by atoms with E-state index in [9.17, 15) is 9.90 Å². The van der Waals surface area contributed by atoms with Crippen molar-refractivity contribution in [3.8, 4) is 0 Å². The first-order valence-corrected chi connectivity index (χ1v) is 8.07. The lowest BCUT2D eigenvalue weighted by molar-refractivity contribution is 0.226. The first-order valence-electron chi connectivity index (χ1n) is 7.25. The van der Waals surface area contributed by atoms with E-state index in [2.05, 4.69) is 15.6 Å². The normalized spacial score (nSPS) is 13.4. The number of carbonyl (C=O) groups excluding carboxylic acids is 1. The molecule has 0 fully saturated rings. The molecule has 0 bridgehead atoms. The van der Waals surface area contributed by atoms with Crippen LogP contribution in [0.3, 0.4) is 0 Å². The maximum absolute atomic E-state index is 12.2. The number of nitrogens with one attached hydrogen (secondary N) is 2. The number of nitrogens with zero attached hydrogens (tertiary/aromatic N) is 1. The zero-order chi connectivity index (χ0) is 15.9. The zero-order valence-corrected chi connectivity index (χ0v) is 13.6. The molecule has 1 unspecified atom stereocenters. The standard InChI is InChI=1S/C16H21N3O2S/c1-11-10-17-15(22-11)12(2)18-16(21)19-14(8-9-20)13-6-4-3-5-7-13/h3-7,10,12,14,20H,8-9H2,1-2H3,(H2,18,19,21)/t12?,14-/m1/s1. The molecule has 2 amide bonds. The van der Waals surface area contributed by atoms with Crippen molar-refractivity contribution in [1.82, 2.24) is 15.6 Å². The third-order valence-corrected chi connectivity index (χ3v) is 4.38. The summed E-state index contributed by atoms with van der Waals surface area (Å²) < 4.78 is 0. The van der Waals surface area contributed by atoms with Gasteiger partial charge in [-0.05, 0) is 25.8 Å². The highest BCUT2D eigenvalue weighted by Gasteiger charge is 2.17. The maximum Gasteiger partial charge on any atom is 0.315 e. The highest BCUT2D eigenvalue weighted by atomic mass is 32.1. The second kappa shape index (κ2) is 7.91. The summed E-state index contributed by atoms with van der Waals surface area (Å²) in [4.78, 5) is 17.6. The topological polar surface area (TPSA) is 74.2 Å². The summed E-state index contributed by atoms with van der Waals surface area (Å²) in [6.07, 6.45) is 2.27. The molecule has 0 aliphatic carbocycles. The van der Waals surface area contributed by atoms with Crippen LogP contribution in [0, 0.1) is 6.92 Å². The van der Waals surface area contributed by atoms with Crippen molar-refractivity contribution in [2.75, 3.05) is 6.61 Å². The van der Waals surface area contributed by atoms with Crippen molar-refractivity contribution in [2.24, 2.45) is 0 Å². The molecule has 3 N–H and O–H groups in total. The maximum atomic E-state index is 12.2. The van der Waals surface area contributed by atoms with Crippen molar-refractivity contribution >= 4 is 17.4 Å². The number of rotatable bonds is 6. The molecule has 6 heteroatoms. The van der Waals surface area contributed by atoms with Crippen molar-refractivity contribution in [3.05, 3.63) is 52.0 Å². The van der Waals surface area contributed by atoms with E-state index < -0.39 is 0 Å². The minimum atomic E-state index is -0.261. The smallest absolute Gasteiger partial charge is 0.315 e. The lowest BCUT2D eigenvalue weighted by Crippen LogP contribution is -2.39. The van der Waals surface area contributed by atoms with Crippen LogP contribution in [0.15, 0.2) is 36.5 Å². The van der Waals surface area contributed by atoms with Crippen molar-refractivity contribution in [2.45, 2.75) is 32.4 Å². The van der Waals surface area contributed by atoms with Crippen LogP contribution >= 0.6 is 11.3 Å². The number of urea groups is 1. The summed E-state index contributed by atoms with van der Waals surface area (Å²) in [5.74, 6) is 0. The number of thiazole rings is 1. The van der Waals surface area contributed by atoms with Gasteiger partial charge in [0.15, 0.2) is 0 Å². The molecular weight excluding hydrogens is 298 g/mol. The molecule has 5 nitrogen and oxygen atoms in total. The summed E-state index contributed by atoms with van der Waals surface area (Å²) >= 11 is 1.57. The molecule has 118 valence electrons. The Kier molecular flexibility index (Phi) is 5.91. The van der Waals surface area contributed by atoms with Crippen LogP contribution < -0.4 is 10.6 Å². The third kappa shape index (κ3) is 4.54. The predicted octanol–water partition coefficient (Wildman–Crippen LogP) is 2.94. The number of aliphatic hydroxyl groups excluding tert-OH is 1. The summed E-state index contributed by atoms with van der Waals surface area (Å²) in [5.41, 5.74) is 0.976. The van der Waals surface area contributed by atoms with Gasteiger partial charge in [0.1, 0.15) is 5.01 Å². The Bertz CT molecular complexity index is 600. The van der Waals surface area contributed by atoms with Crippen LogP contribution in [0.25, 0.3) is 0 Å². The molecule has 0 aliphatic heterocycles. The van der Waals surface area contributed by atoms with E-state index in [0.29, 0.717) is 6.42 Å². The number of hydrogen-bond donors (Lipinski definition) is 3.